The van der Waals surface area contributed by atoms with Gasteiger partial charge in [-0.2, -0.15) is 0 Å². The second-order valence-corrected chi connectivity index (χ2v) is 4.59. The van der Waals surface area contributed by atoms with Crippen LogP contribution in [-0.4, -0.2) is 6.54 Å². The van der Waals surface area contributed by atoms with Crippen molar-refractivity contribution in [1.29, 1.82) is 0 Å². The molecular formula is C13H18FN. The van der Waals surface area contributed by atoms with Gasteiger partial charge >= 0.3 is 0 Å². The Labute approximate surface area is 90.5 Å². The van der Waals surface area contributed by atoms with E-state index in [1.807, 2.05) is 12.1 Å². The number of rotatable bonds is 2. The Kier molecular flexibility index (Phi) is 3.06. The summed E-state index contributed by atoms with van der Waals surface area (Å²) in [6.07, 6.45) is 2.94. The zero-order chi connectivity index (χ0) is 10.8. The van der Waals surface area contributed by atoms with Crippen LogP contribution in [0.2, 0.25) is 0 Å². The number of hydrogen-bond acceptors (Lipinski definition) is 1. The fourth-order valence-corrected chi connectivity index (χ4v) is 2.47. The summed E-state index contributed by atoms with van der Waals surface area (Å²) in [5.74, 6) is 1.14. The Bertz CT molecular complexity index is 348. The molecule has 0 heterocycles. The molecule has 2 heteroatoms. The largest absolute Gasteiger partial charge is 0.330 e. The third-order valence-electron chi connectivity index (χ3n) is 3.64. The highest BCUT2D eigenvalue weighted by Crippen LogP contribution is 2.31. The normalized spacial score (nSPS) is 22.2. The van der Waals surface area contributed by atoms with E-state index in [1.165, 1.54) is 5.56 Å². The lowest BCUT2D eigenvalue weighted by Crippen LogP contribution is -2.26. The molecule has 0 fully saturated rings. The van der Waals surface area contributed by atoms with Crippen LogP contribution in [-0.2, 0) is 12.8 Å². The molecule has 82 valence electrons. The van der Waals surface area contributed by atoms with Crippen LogP contribution in [0, 0.1) is 17.7 Å². The minimum absolute atomic E-state index is 0.0358. The molecule has 1 aromatic rings. The summed E-state index contributed by atoms with van der Waals surface area (Å²) in [5.41, 5.74) is 7.79. The molecule has 0 aliphatic heterocycles. The Hall–Kier alpha value is -0.890. The Morgan fingerprint density at radius 1 is 1.53 bits per heavy atom. The van der Waals surface area contributed by atoms with Gasteiger partial charge in [0.1, 0.15) is 5.82 Å². The third kappa shape index (κ3) is 2.05. The van der Waals surface area contributed by atoms with Crippen molar-refractivity contribution in [1.82, 2.24) is 0 Å². The lowest BCUT2D eigenvalue weighted by atomic mass is 9.77. The van der Waals surface area contributed by atoms with Crippen molar-refractivity contribution in [3.63, 3.8) is 0 Å². The van der Waals surface area contributed by atoms with Crippen LogP contribution in [0.15, 0.2) is 18.2 Å². The molecule has 2 N–H and O–H groups in total. The van der Waals surface area contributed by atoms with Gasteiger partial charge in [0.05, 0.1) is 0 Å². The molecular weight excluding hydrogens is 189 g/mol. The van der Waals surface area contributed by atoms with Gasteiger partial charge < -0.3 is 5.73 Å². The fourth-order valence-electron chi connectivity index (χ4n) is 2.47. The predicted octanol–water partition coefficient (Wildman–Crippen LogP) is 2.53. The van der Waals surface area contributed by atoms with E-state index in [4.69, 9.17) is 5.73 Å². The summed E-state index contributed by atoms with van der Waals surface area (Å²) in [7, 11) is 0. The van der Waals surface area contributed by atoms with E-state index in [1.54, 1.807) is 6.07 Å². The Morgan fingerprint density at radius 2 is 2.33 bits per heavy atom. The quantitative estimate of drug-likeness (QED) is 0.792. The maximum atomic E-state index is 13.5. The monoisotopic (exact) mass is 207 g/mol. The number of halogens is 1. The van der Waals surface area contributed by atoms with Crippen molar-refractivity contribution in [3.8, 4) is 0 Å². The maximum absolute atomic E-state index is 13.5. The molecule has 2 rings (SSSR count). The number of benzene rings is 1. The van der Waals surface area contributed by atoms with Gasteiger partial charge in [-0.25, -0.2) is 4.39 Å². The molecule has 0 saturated heterocycles. The van der Waals surface area contributed by atoms with E-state index < -0.39 is 0 Å². The van der Waals surface area contributed by atoms with Gasteiger partial charge in [-0.3, -0.25) is 0 Å². The van der Waals surface area contributed by atoms with E-state index in [-0.39, 0.29) is 5.82 Å². The summed E-state index contributed by atoms with van der Waals surface area (Å²) < 4.78 is 13.5. The highest BCUT2D eigenvalue weighted by Gasteiger charge is 2.24. The lowest BCUT2D eigenvalue weighted by Gasteiger charge is -2.28. The molecule has 2 unspecified atom stereocenters. The molecule has 2 atom stereocenters. The molecule has 0 aromatic heterocycles. The highest BCUT2D eigenvalue weighted by molar-refractivity contribution is 5.31. The molecule has 0 spiro atoms. The van der Waals surface area contributed by atoms with Crippen LogP contribution >= 0.6 is 0 Å². The summed E-state index contributed by atoms with van der Waals surface area (Å²) in [6, 6.07) is 5.42. The van der Waals surface area contributed by atoms with Crippen LogP contribution in [0.5, 0.6) is 0 Å². The van der Waals surface area contributed by atoms with Gasteiger partial charge in [0, 0.05) is 0 Å². The molecule has 15 heavy (non-hydrogen) atoms. The zero-order valence-electron chi connectivity index (χ0n) is 9.17. The second kappa shape index (κ2) is 4.31. The Morgan fingerprint density at radius 3 is 3.07 bits per heavy atom. The SMILES string of the molecule is CC(CN)C1CCc2c(F)cccc2C1. The lowest BCUT2D eigenvalue weighted by molar-refractivity contribution is 0.324. The topological polar surface area (TPSA) is 26.0 Å². The van der Waals surface area contributed by atoms with Crippen molar-refractivity contribution in [2.45, 2.75) is 26.2 Å². The minimum atomic E-state index is -0.0358. The number of hydrogen-bond donors (Lipinski definition) is 1. The van der Waals surface area contributed by atoms with Crippen LogP contribution in [0.3, 0.4) is 0 Å². The summed E-state index contributed by atoms with van der Waals surface area (Å²) in [4.78, 5) is 0. The summed E-state index contributed by atoms with van der Waals surface area (Å²) in [5, 5.41) is 0. The highest BCUT2D eigenvalue weighted by atomic mass is 19.1. The Balaban J connectivity index is 2.20. The molecule has 1 aromatic carbocycles. The van der Waals surface area contributed by atoms with Gasteiger partial charge in [-0.1, -0.05) is 19.1 Å². The average molecular weight is 207 g/mol. The molecule has 1 aliphatic carbocycles. The minimum Gasteiger partial charge on any atom is -0.330 e. The van der Waals surface area contributed by atoms with E-state index in [0.717, 1.165) is 31.4 Å². The van der Waals surface area contributed by atoms with Crippen LogP contribution in [0.25, 0.3) is 0 Å². The first-order valence-corrected chi connectivity index (χ1v) is 5.68. The first-order chi connectivity index (χ1) is 7.22. The molecule has 0 saturated carbocycles. The van der Waals surface area contributed by atoms with Crippen LogP contribution in [0.1, 0.15) is 24.5 Å². The summed E-state index contributed by atoms with van der Waals surface area (Å²) >= 11 is 0. The molecule has 0 bridgehead atoms. The van der Waals surface area contributed by atoms with E-state index in [9.17, 15) is 4.39 Å². The van der Waals surface area contributed by atoms with E-state index >= 15 is 0 Å². The van der Waals surface area contributed by atoms with Gasteiger partial charge in [-0.05, 0) is 54.8 Å². The third-order valence-corrected chi connectivity index (χ3v) is 3.64. The van der Waals surface area contributed by atoms with Crippen molar-refractivity contribution in [2.75, 3.05) is 6.54 Å². The maximum Gasteiger partial charge on any atom is 0.126 e. The average Bonchev–Trinajstić information content (AvgIpc) is 2.28. The molecule has 1 aliphatic rings. The van der Waals surface area contributed by atoms with Gasteiger partial charge in [-0.15, -0.1) is 0 Å². The second-order valence-electron chi connectivity index (χ2n) is 4.59. The molecule has 1 nitrogen and oxygen atoms in total. The van der Waals surface area contributed by atoms with Gasteiger partial charge in [0.2, 0.25) is 0 Å². The number of nitrogens with two attached hydrogens (primary N) is 1. The number of fused-ring (bicyclic) bond motifs is 1. The van der Waals surface area contributed by atoms with Crippen LogP contribution in [0.4, 0.5) is 4.39 Å². The zero-order valence-corrected chi connectivity index (χ0v) is 9.17. The molecule has 0 radical (unpaired) electrons. The van der Waals surface area contributed by atoms with Gasteiger partial charge in [0.15, 0.2) is 0 Å². The smallest absolute Gasteiger partial charge is 0.126 e. The van der Waals surface area contributed by atoms with Crippen molar-refractivity contribution < 1.29 is 4.39 Å². The van der Waals surface area contributed by atoms with Crippen LogP contribution < -0.4 is 5.73 Å². The van der Waals surface area contributed by atoms with Crippen molar-refractivity contribution >= 4 is 0 Å². The van der Waals surface area contributed by atoms with Gasteiger partial charge in [0.25, 0.3) is 0 Å². The fraction of sp³-hybridized carbons (Fsp3) is 0.538. The first kappa shape index (κ1) is 10.6. The standard InChI is InChI=1S/C13H18FN/c1-9(8-15)10-5-6-12-11(7-10)3-2-4-13(12)14/h2-4,9-10H,5-8,15H2,1H3. The van der Waals surface area contributed by atoms with E-state index in [0.29, 0.717) is 11.8 Å². The van der Waals surface area contributed by atoms with Crippen molar-refractivity contribution in [3.05, 3.63) is 35.1 Å². The van der Waals surface area contributed by atoms with Crippen molar-refractivity contribution in [2.24, 2.45) is 17.6 Å². The summed E-state index contributed by atoms with van der Waals surface area (Å²) in [6.45, 7) is 2.92. The van der Waals surface area contributed by atoms with E-state index in [2.05, 4.69) is 6.92 Å². The predicted molar refractivity (Wildman–Crippen MR) is 60.1 cm³/mol. The molecule has 0 amide bonds. The first-order valence-electron chi connectivity index (χ1n) is 5.68.